The Hall–Kier alpha value is -4.74. The Bertz CT molecular complexity index is 2360. The number of rotatable bonds is 10. The molecule has 0 unspecified atom stereocenters. The molecule has 1 aliphatic carbocycles. The van der Waals surface area contributed by atoms with Gasteiger partial charge < -0.3 is 33.7 Å². The van der Waals surface area contributed by atoms with Crippen LogP contribution in [0.2, 0.25) is 0 Å². The molecule has 2 saturated heterocycles. The Morgan fingerprint density at radius 2 is 1.92 bits per heavy atom. The summed E-state index contributed by atoms with van der Waals surface area (Å²) >= 11 is 1.36. The fourth-order valence-electron chi connectivity index (χ4n) is 9.76. The first kappa shape index (κ1) is 44.9. The lowest BCUT2D eigenvalue weighted by molar-refractivity contribution is -0.156. The summed E-state index contributed by atoms with van der Waals surface area (Å²) in [5.74, 6) is -2.72. The first-order valence-electron chi connectivity index (χ1n) is 22.4. The van der Waals surface area contributed by atoms with E-state index >= 15 is 0 Å². The van der Waals surface area contributed by atoms with Crippen molar-refractivity contribution in [3.8, 4) is 22.5 Å². The number of nitrogens with one attached hydrogen (secondary N) is 2. The van der Waals surface area contributed by atoms with Gasteiger partial charge in [0, 0.05) is 86.0 Å². The molecule has 63 heavy (non-hydrogen) atoms. The van der Waals surface area contributed by atoms with Crippen molar-refractivity contribution in [2.24, 2.45) is 23.2 Å². The molecular weight excluding hydrogens is 823 g/mol. The van der Waals surface area contributed by atoms with Gasteiger partial charge in [-0.05, 0) is 82.2 Å². The third kappa shape index (κ3) is 8.76. The molecule has 2 N–H and O–H groups in total. The van der Waals surface area contributed by atoms with Crippen molar-refractivity contribution in [2.45, 2.75) is 104 Å². The van der Waals surface area contributed by atoms with Crippen LogP contribution in [0, 0.1) is 23.2 Å². The molecule has 15 nitrogen and oxygen atoms in total. The molecule has 3 amide bonds. The highest BCUT2D eigenvalue weighted by Gasteiger charge is 2.58. The summed E-state index contributed by atoms with van der Waals surface area (Å²) in [5.41, 5.74) is 9.22. The monoisotopic (exact) mass is 883 g/mol. The molecule has 4 aromatic rings. The van der Waals surface area contributed by atoms with E-state index in [2.05, 4.69) is 60.3 Å². The second-order valence-electron chi connectivity index (χ2n) is 18.2. The number of ether oxygens (including phenoxy) is 4. The second kappa shape index (κ2) is 18.4. The number of fused-ring (bicyclic) bond motifs is 6. The van der Waals surface area contributed by atoms with Crippen LogP contribution in [0.4, 0.5) is 0 Å². The lowest BCUT2D eigenvalue weighted by atomic mass is 9.84. The maximum Gasteiger partial charge on any atom is 0.324 e. The number of aryl methyl sites for hydroxylation is 1. The number of pyridine rings is 1. The number of benzene rings is 1. The zero-order valence-corrected chi connectivity index (χ0v) is 38.5. The number of hydrogen-bond acceptors (Lipinski definition) is 12. The molecule has 16 heteroatoms. The highest BCUT2D eigenvalue weighted by molar-refractivity contribution is 7.10. The molecule has 4 aliphatic rings. The van der Waals surface area contributed by atoms with Crippen LogP contribution in [0.15, 0.2) is 41.9 Å². The van der Waals surface area contributed by atoms with E-state index in [1.807, 2.05) is 32.2 Å². The number of thiazole rings is 1. The van der Waals surface area contributed by atoms with E-state index in [0.717, 1.165) is 45.4 Å². The highest BCUT2D eigenvalue weighted by atomic mass is 32.1. The van der Waals surface area contributed by atoms with Crippen LogP contribution in [0.25, 0.3) is 33.4 Å². The predicted molar refractivity (Wildman–Crippen MR) is 238 cm³/mol. The van der Waals surface area contributed by atoms with E-state index < -0.39 is 53.2 Å². The predicted octanol–water partition coefficient (Wildman–Crippen LogP) is 5.87. The molecule has 3 aromatic heterocycles. The Labute approximate surface area is 373 Å². The van der Waals surface area contributed by atoms with Crippen molar-refractivity contribution in [1.82, 2.24) is 35.2 Å². The number of hydrogen-bond donors (Lipinski definition) is 2. The number of carbonyl (C=O) groups is 4. The molecule has 6 heterocycles. The van der Waals surface area contributed by atoms with Crippen LogP contribution in [0.3, 0.4) is 0 Å². The van der Waals surface area contributed by atoms with Gasteiger partial charge in [0.15, 0.2) is 0 Å². The lowest BCUT2D eigenvalue weighted by Gasteiger charge is -2.37. The van der Waals surface area contributed by atoms with E-state index in [9.17, 15) is 19.2 Å². The maximum absolute atomic E-state index is 14.8. The zero-order chi connectivity index (χ0) is 44.7. The molecule has 1 aromatic carbocycles. The van der Waals surface area contributed by atoms with E-state index in [0.29, 0.717) is 56.1 Å². The SMILES string of the molecule is CCO[C@@H]1c2nc(cs2)-c2ccc3c(c2)c(c(-c2cccnc2[C@H](C)OC)n3CC)CC(C)(C)COC(=O)[C@@H]2CCCN(N2)C(=O)[C@H]1NC(=O)[C@@H]1[C@@H](C)[C@H]1C(=O)N1CC[C@@H](OC)C1. The molecule has 8 atom stereocenters. The summed E-state index contributed by atoms with van der Waals surface area (Å²) in [5, 5.41) is 7.98. The fraction of sp³-hybridized carbons (Fsp3) is 0.574. The fourth-order valence-corrected chi connectivity index (χ4v) is 10.7. The number of carbonyl (C=O) groups excluding carboxylic acids is 4. The van der Waals surface area contributed by atoms with Crippen molar-refractivity contribution < 1.29 is 38.1 Å². The van der Waals surface area contributed by atoms with Gasteiger partial charge in [0.1, 0.15) is 23.2 Å². The molecule has 0 spiro atoms. The average Bonchev–Trinajstić information content (AvgIpc) is 3.68. The van der Waals surface area contributed by atoms with Gasteiger partial charge in [0.25, 0.3) is 5.91 Å². The Morgan fingerprint density at radius 1 is 1.11 bits per heavy atom. The zero-order valence-electron chi connectivity index (χ0n) is 37.6. The summed E-state index contributed by atoms with van der Waals surface area (Å²) in [6, 6.07) is 8.39. The van der Waals surface area contributed by atoms with Gasteiger partial charge in [-0.15, -0.1) is 11.3 Å². The van der Waals surface area contributed by atoms with Crippen molar-refractivity contribution >= 4 is 45.9 Å². The normalized spacial score (nSPS) is 26.6. The molecule has 3 fully saturated rings. The number of cyclic esters (lactones) is 1. The summed E-state index contributed by atoms with van der Waals surface area (Å²) in [6.45, 7) is 14.5. The van der Waals surface area contributed by atoms with Crippen molar-refractivity contribution in [3.63, 3.8) is 0 Å². The number of amides is 3. The van der Waals surface area contributed by atoms with Gasteiger partial charge in [0.05, 0.1) is 47.7 Å². The van der Waals surface area contributed by atoms with Crippen LogP contribution >= 0.6 is 11.3 Å². The maximum atomic E-state index is 14.8. The highest BCUT2D eigenvalue weighted by Crippen LogP contribution is 2.48. The smallest absolute Gasteiger partial charge is 0.324 e. The lowest BCUT2D eigenvalue weighted by Crippen LogP contribution is -2.61. The number of aromatic nitrogens is 3. The van der Waals surface area contributed by atoms with Crippen LogP contribution < -0.4 is 10.7 Å². The van der Waals surface area contributed by atoms with Gasteiger partial charge in [-0.3, -0.25) is 29.2 Å². The Balaban J connectivity index is 1.21. The first-order chi connectivity index (χ1) is 30.3. The molecule has 6 bridgehead atoms. The van der Waals surface area contributed by atoms with Gasteiger partial charge in [0.2, 0.25) is 11.8 Å². The van der Waals surface area contributed by atoms with Crippen LogP contribution in [0.5, 0.6) is 0 Å². The van der Waals surface area contributed by atoms with Crippen molar-refractivity contribution in [1.29, 1.82) is 0 Å². The van der Waals surface area contributed by atoms with Gasteiger partial charge in [-0.25, -0.2) is 10.4 Å². The standard InChI is InChI=1S/C47H61N7O8S/c1-9-53-35-16-15-28-21-31(35)32(40(53)30-13-11-18-48-38(30)27(4)59-7)22-47(5,6)25-62-46(58)33-14-12-19-54(51-33)45(57)39(41(61-10-2)43-49-34(28)24-63-43)50-42(55)36-26(3)37(36)44(56)52-20-17-29(23-52)60-8/h11,13,15-16,18,21,24,26-27,29,33,36-37,39,41,51H,9-10,12,14,17,19-20,22-23,25H2,1-8H3,(H,50,55)/t26-,27+,29-,33+,36-,37-,39+,41+/m1/s1. The summed E-state index contributed by atoms with van der Waals surface area (Å²) < 4.78 is 26.1. The van der Waals surface area contributed by atoms with Gasteiger partial charge in [-0.2, -0.15) is 0 Å². The quantitative estimate of drug-likeness (QED) is 0.183. The third-order valence-electron chi connectivity index (χ3n) is 13.3. The topological polar surface area (TPSA) is 166 Å². The Kier molecular flexibility index (Phi) is 13.1. The number of esters is 1. The van der Waals surface area contributed by atoms with Gasteiger partial charge in [-0.1, -0.05) is 26.8 Å². The Morgan fingerprint density at radius 3 is 2.65 bits per heavy atom. The van der Waals surface area contributed by atoms with E-state index in [4.69, 9.17) is 28.9 Å². The van der Waals surface area contributed by atoms with Crippen LogP contribution in [0.1, 0.15) is 89.3 Å². The third-order valence-corrected chi connectivity index (χ3v) is 14.3. The minimum absolute atomic E-state index is 0.0243. The van der Waals surface area contributed by atoms with Crippen molar-refractivity contribution in [2.75, 3.05) is 47.1 Å². The van der Waals surface area contributed by atoms with Crippen LogP contribution in [-0.4, -0.2) is 113 Å². The first-order valence-corrected chi connectivity index (χ1v) is 23.2. The van der Waals surface area contributed by atoms with E-state index in [-0.39, 0.29) is 37.2 Å². The molecule has 0 radical (unpaired) electrons. The molecule has 8 rings (SSSR count). The largest absolute Gasteiger partial charge is 0.464 e. The number of methoxy groups -OCH3 is 2. The minimum atomic E-state index is -1.22. The molecular formula is C47H61N7O8S. The number of nitrogens with zero attached hydrogens (tertiary/aromatic N) is 5. The van der Waals surface area contributed by atoms with Crippen LogP contribution in [-0.2, 0) is 51.1 Å². The average molecular weight is 884 g/mol. The second-order valence-corrected chi connectivity index (χ2v) is 19.0. The molecule has 1 saturated carbocycles. The van der Waals surface area contributed by atoms with E-state index in [1.165, 1.54) is 16.3 Å². The van der Waals surface area contributed by atoms with Gasteiger partial charge >= 0.3 is 5.97 Å². The molecule has 338 valence electrons. The number of likely N-dealkylation sites (tertiary alicyclic amines) is 1. The van der Waals surface area contributed by atoms with Crippen molar-refractivity contribution in [3.05, 3.63) is 58.2 Å². The summed E-state index contributed by atoms with van der Waals surface area (Å²) in [6.07, 6.45) is 2.87. The number of hydrazine groups is 1. The summed E-state index contributed by atoms with van der Waals surface area (Å²) in [7, 11) is 3.33. The summed E-state index contributed by atoms with van der Waals surface area (Å²) in [4.78, 5) is 68.4. The minimum Gasteiger partial charge on any atom is -0.464 e. The van der Waals surface area contributed by atoms with E-state index in [1.54, 1.807) is 25.3 Å². The molecule has 3 aliphatic heterocycles.